The molecule has 2 atom stereocenters. The molecule has 0 saturated heterocycles. The molecule has 0 aliphatic heterocycles. The van der Waals surface area contributed by atoms with E-state index in [1.165, 1.54) is 44.9 Å². The van der Waals surface area contributed by atoms with Gasteiger partial charge in [0, 0.05) is 6.61 Å². The molecule has 10 heteroatoms. The first kappa shape index (κ1) is 31.1. The van der Waals surface area contributed by atoms with Gasteiger partial charge in [-0.15, -0.1) is 0 Å². The van der Waals surface area contributed by atoms with Gasteiger partial charge in [-0.05, 0) is 12.8 Å². The van der Waals surface area contributed by atoms with E-state index in [2.05, 4.69) is 11.4 Å². The normalized spacial score (nSPS) is 14.5. The summed E-state index contributed by atoms with van der Waals surface area (Å²) in [4.78, 5) is 17.3. The molecular weight excluding hydrogens is 398 g/mol. The molecule has 0 fully saturated rings. The zero-order valence-corrected chi connectivity index (χ0v) is 17.6. The molecule has 0 amide bonds. The molecule has 0 saturated carbocycles. The van der Waals surface area contributed by atoms with Crippen molar-refractivity contribution in [1.29, 1.82) is 0 Å². The first-order valence-electron chi connectivity index (χ1n) is 10.1. The van der Waals surface area contributed by atoms with Crippen LogP contribution in [0.2, 0.25) is 0 Å². The second-order valence-electron chi connectivity index (χ2n) is 7.09. The third-order valence-electron chi connectivity index (χ3n) is 4.50. The number of unbranched alkanes of at least 4 members (excludes halogenated alkanes) is 9. The summed E-state index contributed by atoms with van der Waals surface area (Å²) in [6, 6.07) is 0. The summed E-state index contributed by atoms with van der Waals surface area (Å²) in [6.45, 7) is 3.19. The maximum absolute atomic E-state index is 10.7. The molecule has 0 aromatic carbocycles. The van der Waals surface area contributed by atoms with Crippen LogP contribution in [0.15, 0.2) is 0 Å². The summed E-state index contributed by atoms with van der Waals surface area (Å²) in [5.74, 6) is -2.81. The van der Waals surface area contributed by atoms with Gasteiger partial charge >= 0.3 is 37.4 Å². The van der Waals surface area contributed by atoms with Gasteiger partial charge < -0.3 is 29.8 Å². The summed E-state index contributed by atoms with van der Waals surface area (Å²) >= 11 is 0. The summed E-state index contributed by atoms with van der Waals surface area (Å²) in [6.07, 6.45) is 9.59. The second-order valence-corrected chi connectivity index (χ2v) is 8.33. The van der Waals surface area contributed by atoms with E-state index in [1.54, 1.807) is 6.92 Å². The molecule has 0 bridgehead atoms. The predicted molar refractivity (Wildman–Crippen MR) is 110 cm³/mol. The van der Waals surface area contributed by atoms with Gasteiger partial charge in [-0.1, -0.05) is 71.6 Å². The molecule has 0 aliphatic rings. The van der Waals surface area contributed by atoms with Gasteiger partial charge in [-0.25, -0.2) is 4.57 Å². The summed E-state index contributed by atoms with van der Waals surface area (Å²) in [5, 5.41) is 29.6. The van der Waals surface area contributed by atoms with Gasteiger partial charge in [0.1, 0.15) is 12.7 Å². The van der Waals surface area contributed by atoms with Gasteiger partial charge in [0.05, 0.1) is 6.10 Å². The van der Waals surface area contributed by atoms with Crippen LogP contribution in [0.4, 0.5) is 0 Å². The van der Waals surface area contributed by atoms with Crippen LogP contribution in [0.25, 0.3) is 0 Å². The molecule has 28 heavy (non-hydrogen) atoms. The van der Waals surface area contributed by atoms with E-state index in [9.17, 15) is 19.9 Å². The topological polar surface area (TPSA) is 137 Å². The second kappa shape index (κ2) is 17.6. The van der Waals surface area contributed by atoms with Crippen molar-refractivity contribution in [2.24, 2.45) is 0 Å². The van der Waals surface area contributed by atoms with E-state index in [1.807, 2.05) is 0 Å². The van der Waals surface area contributed by atoms with E-state index in [-0.39, 0.29) is 29.6 Å². The van der Waals surface area contributed by atoms with Crippen molar-refractivity contribution in [2.75, 3.05) is 13.2 Å². The van der Waals surface area contributed by atoms with Crippen LogP contribution >= 0.6 is 7.82 Å². The Bertz CT molecular complexity index is 405. The van der Waals surface area contributed by atoms with Gasteiger partial charge in [0.2, 0.25) is 5.79 Å². The third kappa shape index (κ3) is 16.7. The quantitative estimate of drug-likeness (QED) is 0.0951. The molecule has 0 aromatic heterocycles. The van der Waals surface area contributed by atoms with Crippen molar-refractivity contribution in [2.45, 2.75) is 102 Å². The zero-order valence-electron chi connectivity index (χ0n) is 16.8. The van der Waals surface area contributed by atoms with Crippen molar-refractivity contribution in [3.05, 3.63) is 0 Å². The van der Waals surface area contributed by atoms with Crippen LogP contribution in [0.5, 0.6) is 0 Å². The predicted octanol–water partition coefficient (Wildman–Crippen LogP) is 2.21. The number of hydrogen-bond acceptors (Lipinski definition) is 6. The van der Waals surface area contributed by atoms with Gasteiger partial charge in [0.15, 0.2) is 0 Å². The molecule has 8 nitrogen and oxygen atoms in total. The number of aliphatic hydroxyl groups excluding tert-OH is 1. The molecule has 0 aromatic rings. The molecule has 0 spiro atoms. The minimum atomic E-state index is -4.86. The van der Waals surface area contributed by atoms with Crippen molar-refractivity contribution < 1.29 is 38.9 Å². The first-order valence-corrected chi connectivity index (χ1v) is 11.6. The Morgan fingerprint density at radius 1 is 0.893 bits per heavy atom. The van der Waals surface area contributed by atoms with Crippen molar-refractivity contribution in [3.63, 3.8) is 0 Å². The van der Waals surface area contributed by atoms with E-state index >= 15 is 0 Å². The van der Waals surface area contributed by atoms with E-state index in [0.717, 1.165) is 19.3 Å². The van der Waals surface area contributed by atoms with Gasteiger partial charge in [-0.3, -0.25) is 4.52 Å². The summed E-state index contributed by atoms with van der Waals surface area (Å²) in [7, 11) is -4.86. The third-order valence-corrected chi connectivity index (χ3v) is 4.97. The Labute approximate surface area is 191 Å². The fourth-order valence-electron chi connectivity index (χ4n) is 2.82. The Morgan fingerprint density at radius 3 is 1.79 bits per heavy atom. The van der Waals surface area contributed by atoms with E-state index in [4.69, 9.17) is 14.5 Å². The molecular formula is C18H40NaO8P. The van der Waals surface area contributed by atoms with Crippen molar-refractivity contribution in [1.82, 2.24) is 0 Å². The first-order chi connectivity index (χ1) is 12.6. The number of hydrogen-bond donors (Lipinski definition) is 5. The number of phosphoric ester groups is 1. The van der Waals surface area contributed by atoms with Crippen molar-refractivity contribution in [3.8, 4) is 0 Å². The molecule has 0 heterocycles. The molecule has 2 unspecified atom stereocenters. The number of ether oxygens (including phenoxy) is 1. The zero-order chi connectivity index (χ0) is 20.8. The van der Waals surface area contributed by atoms with Crippen molar-refractivity contribution >= 4 is 37.4 Å². The van der Waals surface area contributed by atoms with Crippen LogP contribution in [-0.2, 0) is 13.8 Å². The number of aliphatic hydroxyl groups is 3. The van der Waals surface area contributed by atoms with Crippen LogP contribution in [-0.4, -0.2) is 85.9 Å². The summed E-state index contributed by atoms with van der Waals surface area (Å²) < 4.78 is 20.3. The molecule has 5 N–H and O–H groups in total. The van der Waals surface area contributed by atoms with Crippen LogP contribution in [0.3, 0.4) is 0 Å². The Morgan fingerprint density at radius 2 is 1.36 bits per heavy atom. The van der Waals surface area contributed by atoms with Gasteiger partial charge in [0.25, 0.3) is 0 Å². The van der Waals surface area contributed by atoms with E-state index in [0.29, 0.717) is 13.0 Å². The SMILES string of the molecule is CCCCCCCCCCCCOC(CC)C(O)C(O)(O)COP(=O)(O)O.[NaH]. The Balaban J connectivity index is 0. The molecule has 0 rings (SSSR count). The molecule has 0 radical (unpaired) electrons. The monoisotopic (exact) mass is 438 g/mol. The molecule has 166 valence electrons. The standard InChI is InChI=1S/C18H39O8P.Na.H/c1-3-5-6-7-8-9-10-11-12-13-14-25-16(4-2)17(19)18(20,21)15-26-27(22,23)24;;/h16-17,19-21H,3-15H2,1-2H3,(H2,22,23,24);;. The number of rotatable bonds is 18. The van der Waals surface area contributed by atoms with Crippen LogP contribution < -0.4 is 0 Å². The Kier molecular flexibility index (Phi) is 19.6. The maximum atomic E-state index is 10.7. The summed E-state index contributed by atoms with van der Waals surface area (Å²) in [5.41, 5.74) is 0. The molecule has 0 aliphatic carbocycles. The fourth-order valence-corrected chi connectivity index (χ4v) is 3.18. The van der Waals surface area contributed by atoms with Crippen LogP contribution in [0, 0.1) is 0 Å². The average molecular weight is 438 g/mol. The minimum absolute atomic E-state index is 0. The Hall–Kier alpha value is 0.950. The van der Waals surface area contributed by atoms with E-state index < -0.39 is 32.4 Å². The van der Waals surface area contributed by atoms with Gasteiger partial charge in [-0.2, -0.15) is 0 Å². The average Bonchev–Trinajstić information content (AvgIpc) is 2.60. The number of phosphoric acid groups is 1. The van der Waals surface area contributed by atoms with Crippen LogP contribution in [0.1, 0.15) is 84.5 Å². The fraction of sp³-hybridized carbons (Fsp3) is 1.00.